The number of amides is 1. The maximum absolute atomic E-state index is 12.2. The highest BCUT2D eigenvalue weighted by molar-refractivity contribution is 7.90. The van der Waals surface area contributed by atoms with Crippen molar-refractivity contribution in [3.63, 3.8) is 0 Å². The summed E-state index contributed by atoms with van der Waals surface area (Å²) in [6.07, 6.45) is 5.20. The summed E-state index contributed by atoms with van der Waals surface area (Å²) in [6.45, 7) is 3.43. The van der Waals surface area contributed by atoms with E-state index in [0.29, 0.717) is 25.4 Å². The highest BCUT2D eigenvalue weighted by Gasteiger charge is 2.58. The molecule has 3 saturated heterocycles. The highest BCUT2D eigenvalue weighted by atomic mass is 32.2. The Morgan fingerprint density at radius 1 is 1.23 bits per heavy atom. The molecule has 0 aromatic carbocycles. The van der Waals surface area contributed by atoms with Gasteiger partial charge in [0, 0.05) is 39.2 Å². The molecule has 3 heterocycles. The van der Waals surface area contributed by atoms with Gasteiger partial charge in [0.25, 0.3) is 0 Å². The Kier molecular flexibility index (Phi) is 3.51. The molecule has 3 aliphatic heterocycles. The Hall–Kier alpha value is -0.660. The lowest BCUT2D eigenvalue weighted by Crippen LogP contribution is -2.66. The molecule has 0 radical (unpaired) electrons. The standard InChI is InChI=1S/C15H24N2O4S/c18-14-2-1-7-16(14)8-5-12-6-9-21-15(12)10-17(11-15)22(19,20)13-3-4-13/h12-13H,1-11H2/t12-/m1/s1. The van der Waals surface area contributed by atoms with Crippen LogP contribution < -0.4 is 0 Å². The van der Waals surface area contributed by atoms with Crippen LogP contribution in [0.4, 0.5) is 0 Å². The van der Waals surface area contributed by atoms with Crippen molar-refractivity contribution in [2.24, 2.45) is 5.92 Å². The number of rotatable bonds is 5. The minimum absolute atomic E-state index is 0.132. The lowest BCUT2D eigenvalue weighted by Gasteiger charge is -2.49. The van der Waals surface area contributed by atoms with E-state index in [1.807, 2.05) is 4.90 Å². The second-order valence-electron chi connectivity index (χ2n) is 7.18. The van der Waals surface area contributed by atoms with E-state index in [1.54, 1.807) is 4.31 Å². The zero-order valence-electron chi connectivity index (χ0n) is 12.9. The second-order valence-corrected chi connectivity index (χ2v) is 9.40. The van der Waals surface area contributed by atoms with Gasteiger partial charge in [-0.25, -0.2) is 8.42 Å². The van der Waals surface area contributed by atoms with Gasteiger partial charge in [0.2, 0.25) is 15.9 Å². The number of hydrogen-bond acceptors (Lipinski definition) is 4. The van der Waals surface area contributed by atoms with Gasteiger partial charge < -0.3 is 9.64 Å². The summed E-state index contributed by atoms with van der Waals surface area (Å²) >= 11 is 0. The number of ether oxygens (including phenoxy) is 1. The van der Waals surface area contributed by atoms with Crippen molar-refractivity contribution in [1.29, 1.82) is 0 Å². The number of nitrogens with zero attached hydrogens (tertiary/aromatic N) is 2. The first-order chi connectivity index (χ1) is 10.5. The fourth-order valence-electron chi connectivity index (χ4n) is 4.10. The van der Waals surface area contributed by atoms with E-state index in [9.17, 15) is 13.2 Å². The third-order valence-electron chi connectivity index (χ3n) is 5.71. The van der Waals surface area contributed by atoms with E-state index in [-0.39, 0.29) is 16.8 Å². The van der Waals surface area contributed by atoms with Gasteiger partial charge in [-0.2, -0.15) is 4.31 Å². The van der Waals surface area contributed by atoms with Crippen molar-refractivity contribution < 1.29 is 17.9 Å². The van der Waals surface area contributed by atoms with E-state index < -0.39 is 10.0 Å². The molecule has 1 spiro atoms. The largest absolute Gasteiger partial charge is 0.372 e. The maximum Gasteiger partial charge on any atom is 0.222 e. The van der Waals surface area contributed by atoms with Gasteiger partial charge in [-0.1, -0.05) is 0 Å². The van der Waals surface area contributed by atoms with Crippen LogP contribution in [0.3, 0.4) is 0 Å². The molecule has 0 aromatic rings. The number of sulfonamides is 1. The van der Waals surface area contributed by atoms with E-state index in [2.05, 4.69) is 0 Å². The molecular formula is C15H24N2O4S. The fraction of sp³-hybridized carbons (Fsp3) is 0.933. The molecule has 6 nitrogen and oxygen atoms in total. The summed E-state index contributed by atoms with van der Waals surface area (Å²) in [5, 5.41) is -0.132. The maximum atomic E-state index is 12.2. The summed E-state index contributed by atoms with van der Waals surface area (Å²) in [6, 6.07) is 0. The Balaban J connectivity index is 1.35. The summed E-state index contributed by atoms with van der Waals surface area (Å²) in [5.74, 6) is 0.645. The van der Waals surface area contributed by atoms with Gasteiger partial charge in [-0.15, -0.1) is 0 Å². The molecule has 1 saturated carbocycles. The van der Waals surface area contributed by atoms with Gasteiger partial charge in [-0.05, 0) is 38.0 Å². The molecule has 0 aromatic heterocycles. The lowest BCUT2D eigenvalue weighted by atomic mass is 9.80. The third kappa shape index (κ3) is 2.37. The molecule has 4 rings (SSSR count). The van der Waals surface area contributed by atoms with E-state index in [1.165, 1.54) is 0 Å². The minimum atomic E-state index is -3.07. The van der Waals surface area contributed by atoms with Crippen molar-refractivity contribution in [1.82, 2.24) is 9.21 Å². The van der Waals surface area contributed by atoms with Gasteiger partial charge >= 0.3 is 0 Å². The SMILES string of the molecule is O=C1CCCN1CC[C@@H]1CCOC12CN(S(=O)(=O)C1CC1)C2. The number of likely N-dealkylation sites (tertiary alicyclic amines) is 1. The van der Waals surface area contributed by atoms with Crippen LogP contribution in [-0.2, 0) is 19.6 Å². The molecular weight excluding hydrogens is 304 g/mol. The predicted octanol–water partition coefficient (Wildman–Crippen LogP) is 0.582. The fourth-order valence-corrected chi connectivity index (χ4v) is 6.05. The predicted molar refractivity (Wildman–Crippen MR) is 80.7 cm³/mol. The number of hydrogen-bond donors (Lipinski definition) is 0. The first kappa shape index (κ1) is 14.9. The average Bonchev–Trinajstić information content (AvgIpc) is 3.10. The Morgan fingerprint density at radius 3 is 2.64 bits per heavy atom. The van der Waals surface area contributed by atoms with Crippen molar-refractivity contribution >= 4 is 15.9 Å². The number of carbonyl (C=O) groups is 1. The minimum Gasteiger partial charge on any atom is -0.372 e. The molecule has 4 fully saturated rings. The van der Waals surface area contributed by atoms with Gasteiger partial charge in [0.15, 0.2) is 0 Å². The van der Waals surface area contributed by atoms with Crippen LogP contribution in [0.25, 0.3) is 0 Å². The van der Waals surface area contributed by atoms with Gasteiger partial charge in [-0.3, -0.25) is 4.79 Å². The molecule has 1 atom stereocenters. The third-order valence-corrected chi connectivity index (χ3v) is 8.00. The Labute approximate surface area is 131 Å². The van der Waals surface area contributed by atoms with Crippen LogP contribution >= 0.6 is 0 Å². The molecule has 22 heavy (non-hydrogen) atoms. The van der Waals surface area contributed by atoms with E-state index >= 15 is 0 Å². The summed E-state index contributed by atoms with van der Waals surface area (Å²) in [7, 11) is -3.07. The summed E-state index contributed by atoms with van der Waals surface area (Å²) < 4.78 is 32.1. The molecule has 1 amide bonds. The summed E-state index contributed by atoms with van der Waals surface area (Å²) in [5.41, 5.74) is -0.273. The van der Waals surface area contributed by atoms with Crippen LogP contribution in [0.1, 0.15) is 38.5 Å². The number of carbonyl (C=O) groups excluding carboxylic acids is 1. The van der Waals surface area contributed by atoms with Crippen LogP contribution in [0.2, 0.25) is 0 Å². The normalized spacial score (nSPS) is 31.9. The second kappa shape index (κ2) is 5.18. The average molecular weight is 328 g/mol. The smallest absolute Gasteiger partial charge is 0.222 e. The molecule has 7 heteroatoms. The molecule has 1 aliphatic carbocycles. The van der Waals surface area contributed by atoms with Crippen molar-refractivity contribution in [3.05, 3.63) is 0 Å². The monoisotopic (exact) mass is 328 g/mol. The molecule has 0 N–H and O–H groups in total. The molecule has 124 valence electrons. The zero-order chi connectivity index (χ0) is 15.4. The van der Waals surface area contributed by atoms with Crippen LogP contribution in [0.15, 0.2) is 0 Å². The van der Waals surface area contributed by atoms with E-state index in [4.69, 9.17) is 4.74 Å². The Bertz CT molecular complexity index is 566. The van der Waals surface area contributed by atoms with Crippen molar-refractivity contribution in [3.8, 4) is 0 Å². The van der Waals surface area contributed by atoms with Crippen LogP contribution in [0.5, 0.6) is 0 Å². The molecule has 0 bridgehead atoms. The lowest BCUT2D eigenvalue weighted by molar-refractivity contribution is -0.128. The molecule has 4 aliphatic rings. The van der Waals surface area contributed by atoms with Crippen LogP contribution in [-0.4, -0.2) is 67.2 Å². The van der Waals surface area contributed by atoms with Gasteiger partial charge in [0.1, 0.15) is 0 Å². The van der Waals surface area contributed by atoms with Crippen LogP contribution in [0, 0.1) is 5.92 Å². The zero-order valence-corrected chi connectivity index (χ0v) is 13.7. The van der Waals surface area contributed by atoms with E-state index in [0.717, 1.165) is 51.8 Å². The molecule has 0 unspecified atom stereocenters. The van der Waals surface area contributed by atoms with Crippen molar-refractivity contribution in [2.45, 2.75) is 49.4 Å². The first-order valence-corrected chi connectivity index (χ1v) is 9.92. The van der Waals surface area contributed by atoms with Crippen molar-refractivity contribution in [2.75, 3.05) is 32.8 Å². The quantitative estimate of drug-likeness (QED) is 0.740. The first-order valence-electron chi connectivity index (χ1n) is 8.42. The Morgan fingerprint density at radius 2 is 2.00 bits per heavy atom. The highest BCUT2D eigenvalue weighted by Crippen LogP contribution is 2.45. The van der Waals surface area contributed by atoms with Gasteiger partial charge in [0.05, 0.1) is 10.9 Å². The summed E-state index contributed by atoms with van der Waals surface area (Å²) in [4.78, 5) is 13.6. The topological polar surface area (TPSA) is 66.9 Å².